The molecule has 5 amide bonds. The number of hydrogen-bond acceptors (Lipinski definition) is 11. The number of benzene rings is 1. The van der Waals surface area contributed by atoms with E-state index in [4.69, 9.17) is 28.1 Å². The molecule has 21 nitrogen and oxygen atoms in total. The Balaban J connectivity index is 0.000000928. The van der Waals surface area contributed by atoms with Crippen molar-refractivity contribution in [3.05, 3.63) is 65.5 Å². The van der Waals surface area contributed by atoms with Crippen LogP contribution in [0, 0.1) is 19.3 Å². The van der Waals surface area contributed by atoms with Crippen molar-refractivity contribution in [3.63, 3.8) is 0 Å². The smallest absolute Gasteiger partial charge is 0.323 e. The number of aliphatic imine (C=N–C) groups is 1. The van der Waals surface area contributed by atoms with Crippen LogP contribution in [0.5, 0.6) is 0 Å². The zero-order valence-corrected chi connectivity index (χ0v) is 34.8. The average molecular weight is 861 g/mol. The number of hydrogen-bond donors (Lipinski definition) is 10. The van der Waals surface area contributed by atoms with Gasteiger partial charge in [0.05, 0.1) is 38.7 Å². The van der Waals surface area contributed by atoms with E-state index in [2.05, 4.69) is 51.4 Å². The summed E-state index contributed by atoms with van der Waals surface area (Å²) in [5, 5.41) is 30.5. The molecule has 60 heavy (non-hydrogen) atoms. The first-order chi connectivity index (χ1) is 28.4. The number of unbranched alkanes of at least 4 members (excludes halogenated alkanes) is 2. The van der Waals surface area contributed by atoms with Gasteiger partial charge in [-0.3, -0.25) is 47.7 Å². The third kappa shape index (κ3) is 27.2. The fraction of sp³-hybridized carbons (Fsp3) is 0.447. The topological polar surface area (TPSA) is 336 Å². The monoisotopic (exact) mass is 860 g/mol. The number of carboxylic acids is 2. The second-order valence-electron chi connectivity index (χ2n) is 12.5. The van der Waals surface area contributed by atoms with Crippen LogP contribution in [-0.2, 0) is 44.2 Å². The van der Waals surface area contributed by atoms with E-state index in [-0.39, 0.29) is 62.2 Å². The fourth-order valence-corrected chi connectivity index (χ4v) is 4.87. The Bertz CT molecular complexity index is 1770. The maximum Gasteiger partial charge on any atom is 0.323 e. The van der Waals surface area contributed by atoms with Gasteiger partial charge in [0.2, 0.25) is 34.9 Å². The minimum atomic E-state index is -1.92. The summed E-state index contributed by atoms with van der Waals surface area (Å²) < 4.78 is 17.7. The maximum absolute atomic E-state index is 12.0. The Labute approximate surface area is 351 Å². The predicted octanol–water partition coefficient (Wildman–Crippen LogP) is -0.693. The minimum absolute atomic E-state index is 0.0203. The van der Waals surface area contributed by atoms with E-state index in [0.29, 0.717) is 30.5 Å². The Morgan fingerprint density at radius 1 is 0.933 bits per heavy atom. The van der Waals surface area contributed by atoms with Gasteiger partial charge in [0.25, 0.3) is 5.91 Å². The number of rotatable bonds is 23. The average Bonchev–Trinajstić information content (AvgIpc) is 3.21. The van der Waals surface area contributed by atoms with Gasteiger partial charge < -0.3 is 48.3 Å². The Morgan fingerprint density at radius 2 is 1.58 bits per heavy atom. The number of nitrogens with zero attached hydrogens (tertiary/aromatic N) is 2. The minimum Gasteiger partial charge on any atom is -0.481 e. The number of amides is 5. The molecule has 0 aliphatic rings. The van der Waals surface area contributed by atoms with E-state index in [1.54, 1.807) is 42.6 Å². The van der Waals surface area contributed by atoms with Crippen LogP contribution >= 0.6 is 0 Å². The highest BCUT2D eigenvalue weighted by atomic mass is 32.2. The summed E-state index contributed by atoms with van der Waals surface area (Å²) >= 11 is -1.92. The van der Waals surface area contributed by atoms with Crippen molar-refractivity contribution in [1.29, 1.82) is 0 Å². The molecular formula is C38H56N10O11S. The van der Waals surface area contributed by atoms with Crippen molar-refractivity contribution < 1.29 is 52.2 Å². The zero-order valence-electron chi connectivity index (χ0n) is 34.0. The normalized spacial score (nSPS) is 12.0. The van der Waals surface area contributed by atoms with Gasteiger partial charge >= 0.3 is 11.9 Å². The van der Waals surface area contributed by atoms with Crippen LogP contribution in [0.2, 0.25) is 0 Å². The number of nitrogens with two attached hydrogens (primary N) is 2. The largest absolute Gasteiger partial charge is 0.481 e. The molecule has 0 aliphatic heterocycles. The third-order valence-corrected chi connectivity index (χ3v) is 8.29. The van der Waals surface area contributed by atoms with E-state index >= 15 is 0 Å². The van der Waals surface area contributed by atoms with E-state index < -0.39 is 47.1 Å². The number of carbonyl (C=O) groups excluding carboxylic acids is 5. The lowest BCUT2D eigenvalue weighted by atomic mass is 10.1. The van der Waals surface area contributed by atoms with Crippen LogP contribution in [0.15, 0.2) is 53.8 Å². The highest BCUT2D eigenvalue weighted by Gasteiger charge is 2.21. The number of aromatic nitrogens is 1. The second-order valence-corrected chi connectivity index (χ2v) is 13.5. The van der Waals surface area contributed by atoms with E-state index in [1.807, 2.05) is 13.8 Å². The van der Waals surface area contributed by atoms with Gasteiger partial charge in [-0.2, -0.15) is 4.72 Å². The van der Waals surface area contributed by atoms with Gasteiger partial charge in [-0.15, -0.1) is 6.42 Å². The van der Waals surface area contributed by atoms with Crippen LogP contribution in [0.1, 0.15) is 79.9 Å². The number of aliphatic carboxylic acids is 2. The van der Waals surface area contributed by atoms with E-state index in [1.165, 1.54) is 20.2 Å². The second kappa shape index (κ2) is 31.5. The molecule has 0 saturated heterocycles. The molecule has 0 aliphatic carbocycles. The SMILES string of the molecule is C#CC(CC)NC(=O)CNC(C)=O.COS(=O)NC(CNC(=O)c1ccc(C)cc1)C(=O)O.NC(N)=NCCCCCC(=O)NCC(=O)NC(CC(=O)O)c1cccnc1. The van der Waals surface area contributed by atoms with Crippen molar-refractivity contribution >= 4 is 58.7 Å². The summed E-state index contributed by atoms with van der Waals surface area (Å²) in [6.07, 6.45) is 11.1. The van der Waals surface area contributed by atoms with Gasteiger partial charge in [-0.05, 0) is 49.9 Å². The lowest BCUT2D eigenvalue weighted by Crippen LogP contribution is -2.46. The summed E-state index contributed by atoms with van der Waals surface area (Å²) in [7, 11) is 1.17. The molecule has 2 rings (SSSR count). The maximum atomic E-state index is 12.0. The zero-order chi connectivity index (χ0) is 45.5. The van der Waals surface area contributed by atoms with Crippen LogP contribution in [0.4, 0.5) is 0 Å². The number of terminal acetylenes is 1. The van der Waals surface area contributed by atoms with Crippen LogP contribution < -0.4 is 42.8 Å². The molecule has 0 bridgehead atoms. The number of pyridine rings is 1. The summed E-state index contributed by atoms with van der Waals surface area (Å²) in [6, 6.07) is 8.02. The summed E-state index contributed by atoms with van der Waals surface area (Å²) in [5.74, 6) is -1.42. The van der Waals surface area contributed by atoms with Gasteiger partial charge in [0.15, 0.2) is 5.96 Å². The van der Waals surface area contributed by atoms with E-state index in [0.717, 1.165) is 18.4 Å². The molecule has 4 unspecified atom stereocenters. The lowest BCUT2D eigenvalue weighted by molar-refractivity contribution is -0.139. The standard InChI is InChI=1S/C17H26N6O4.C12H16N2O5S.C9H14N2O2/c18-17(19)21-8-3-1-2-6-14(24)22-11-15(25)23-13(9-16(26)27)12-5-4-7-20-10-12;1-8-3-5-9(6-4-8)11(15)13-7-10(12(16)17)14-20(18)19-2;1-4-8(5-2)11-9(13)6-10-7(3)12/h4-5,7,10,13H,1-3,6,8-9,11H2,(H,22,24)(H,23,25)(H,26,27)(H4,18,19,21);3-6,10,14H,7H2,1-2H3,(H,13,15)(H,16,17);1,8H,5-6H2,2-3H3,(H,10,12)(H,11,13). The first-order valence-electron chi connectivity index (χ1n) is 18.4. The van der Waals surface area contributed by atoms with Crippen LogP contribution in [0.3, 0.4) is 0 Å². The molecule has 0 radical (unpaired) electrons. The predicted molar refractivity (Wildman–Crippen MR) is 222 cm³/mol. The van der Waals surface area contributed by atoms with E-state index in [9.17, 15) is 37.8 Å². The van der Waals surface area contributed by atoms with Gasteiger partial charge in [-0.1, -0.05) is 43.0 Å². The Kier molecular flexibility index (Phi) is 28.2. The lowest BCUT2D eigenvalue weighted by Gasteiger charge is -2.17. The molecule has 330 valence electrons. The molecule has 0 saturated carbocycles. The Morgan fingerprint density at radius 3 is 2.12 bits per heavy atom. The number of aryl methyl sites for hydroxylation is 1. The molecule has 12 N–H and O–H groups in total. The molecule has 1 heterocycles. The van der Waals surface area contributed by atoms with Gasteiger partial charge in [-0.25, -0.2) is 4.21 Å². The molecular weight excluding hydrogens is 805 g/mol. The van der Waals surface area contributed by atoms with Crippen LogP contribution in [0.25, 0.3) is 0 Å². The molecule has 22 heteroatoms. The highest BCUT2D eigenvalue weighted by molar-refractivity contribution is 7.78. The number of guanidine groups is 1. The van der Waals surface area contributed by atoms with Gasteiger partial charge in [0, 0.05) is 44.4 Å². The number of nitrogens with one attached hydrogen (secondary N) is 6. The molecule has 2 aromatic rings. The van der Waals surface area contributed by atoms with Crippen molar-refractivity contribution in [3.8, 4) is 12.3 Å². The van der Waals surface area contributed by atoms with Crippen molar-refractivity contribution in [2.24, 2.45) is 16.5 Å². The summed E-state index contributed by atoms with van der Waals surface area (Å²) in [6.45, 7) is 5.20. The number of carboxylic acid groups (broad SMARTS) is 2. The molecule has 1 aromatic heterocycles. The first-order valence-corrected chi connectivity index (χ1v) is 19.5. The highest BCUT2D eigenvalue weighted by Crippen LogP contribution is 2.15. The number of carbonyl (C=O) groups is 7. The van der Waals surface area contributed by atoms with Gasteiger partial charge in [0.1, 0.15) is 6.04 Å². The third-order valence-electron chi connectivity index (χ3n) is 7.51. The van der Waals surface area contributed by atoms with Crippen molar-refractivity contribution in [2.45, 2.75) is 77.4 Å². The quantitative estimate of drug-likeness (QED) is 0.0286. The summed E-state index contributed by atoms with van der Waals surface area (Å²) in [4.78, 5) is 86.8. The molecule has 1 aromatic carbocycles. The molecule has 0 fully saturated rings. The first kappa shape index (κ1) is 53.6. The fourth-order valence-electron chi connectivity index (χ4n) is 4.36. The van der Waals surface area contributed by atoms with Crippen molar-refractivity contribution in [1.82, 2.24) is 36.3 Å². The summed E-state index contributed by atoms with van der Waals surface area (Å²) in [5.41, 5.74) is 12.4. The molecule has 4 atom stereocenters. The van der Waals surface area contributed by atoms with Crippen LogP contribution in [-0.4, -0.2) is 112 Å². The Hall–Kier alpha value is -6.44. The van der Waals surface area contributed by atoms with Crippen molar-refractivity contribution in [2.75, 3.05) is 33.3 Å². The molecule has 0 spiro atoms.